The second kappa shape index (κ2) is 7.81. The summed E-state index contributed by atoms with van der Waals surface area (Å²) in [5.74, 6) is 0.664. The zero-order valence-electron chi connectivity index (χ0n) is 18.6. The van der Waals surface area contributed by atoms with E-state index in [0.717, 1.165) is 51.8 Å². The number of hydrogen-bond acceptors (Lipinski definition) is 5. The largest absolute Gasteiger partial charge is 0.496 e. The van der Waals surface area contributed by atoms with Gasteiger partial charge in [-0.3, -0.25) is 4.79 Å². The van der Waals surface area contributed by atoms with Gasteiger partial charge in [0.1, 0.15) is 5.75 Å². The molecule has 3 heterocycles. The monoisotopic (exact) mass is 417 g/mol. The maximum atomic E-state index is 13.0. The van der Waals surface area contributed by atoms with E-state index in [4.69, 9.17) is 14.2 Å². The maximum absolute atomic E-state index is 13.0. The van der Waals surface area contributed by atoms with Crippen LogP contribution >= 0.6 is 0 Å². The third kappa shape index (κ3) is 3.97. The van der Waals surface area contributed by atoms with Gasteiger partial charge < -0.3 is 24.2 Å². The van der Waals surface area contributed by atoms with Crippen LogP contribution in [0.2, 0.25) is 0 Å². The summed E-state index contributed by atoms with van der Waals surface area (Å²) in [5.41, 5.74) is -0.445. The summed E-state index contributed by atoms with van der Waals surface area (Å²) in [6.45, 7) is 7.95. The van der Waals surface area contributed by atoms with Crippen LogP contribution in [0.3, 0.4) is 0 Å². The minimum absolute atomic E-state index is 0.0388. The number of carbonyl (C=O) groups excluding carboxylic acids is 1. The second-order valence-electron chi connectivity index (χ2n) is 10.1. The summed E-state index contributed by atoms with van der Waals surface area (Å²) in [6.07, 6.45) is 4.49. The highest BCUT2D eigenvalue weighted by atomic mass is 16.6. The normalized spacial score (nSPS) is 31.3. The van der Waals surface area contributed by atoms with Crippen molar-refractivity contribution in [2.75, 3.05) is 26.8 Å². The number of nitrogens with zero attached hydrogens (tertiary/aromatic N) is 1. The molecule has 3 atom stereocenters. The van der Waals surface area contributed by atoms with Gasteiger partial charge in [-0.15, -0.1) is 0 Å². The number of aliphatic hydroxyl groups is 1. The fourth-order valence-electron chi connectivity index (χ4n) is 5.30. The van der Waals surface area contributed by atoms with Crippen LogP contribution in [0, 0.1) is 5.41 Å². The van der Waals surface area contributed by atoms with Gasteiger partial charge in [0.25, 0.3) is 5.91 Å². The summed E-state index contributed by atoms with van der Waals surface area (Å²) in [4.78, 5) is 14.9. The first-order chi connectivity index (χ1) is 14.2. The van der Waals surface area contributed by atoms with E-state index in [1.54, 1.807) is 7.11 Å². The summed E-state index contributed by atoms with van der Waals surface area (Å²) < 4.78 is 18.0. The van der Waals surface area contributed by atoms with E-state index in [1.807, 2.05) is 43.0 Å². The number of benzene rings is 1. The van der Waals surface area contributed by atoms with Gasteiger partial charge >= 0.3 is 0 Å². The smallest absolute Gasteiger partial charge is 0.257 e. The molecule has 0 aromatic heterocycles. The summed E-state index contributed by atoms with van der Waals surface area (Å²) in [6, 6.07) is 7.42. The van der Waals surface area contributed by atoms with Crippen LogP contribution in [0.1, 0.15) is 63.2 Å². The molecule has 3 aliphatic rings. The summed E-state index contributed by atoms with van der Waals surface area (Å²) in [7, 11) is 1.60. The van der Waals surface area contributed by atoms with Crippen molar-refractivity contribution in [3.05, 3.63) is 29.8 Å². The first kappa shape index (κ1) is 21.6. The van der Waals surface area contributed by atoms with E-state index in [2.05, 4.69) is 6.92 Å². The lowest BCUT2D eigenvalue weighted by Gasteiger charge is -2.39. The van der Waals surface area contributed by atoms with Crippen LogP contribution in [-0.4, -0.2) is 66.1 Å². The lowest BCUT2D eigenvalue weighted by atomic mass is 9.74. The van der Waals surface area contributed by atoms with Crippen LogP contribution in [0.4, 0.5) is 0 Å². The molecule has 0 unspecified atom stereocenters. The number of likely N-dealkylation sites (tertiary alicyclic amines) is 1. The number of rotatable bonds is 4. The molecule has 3 fully saturated rings. The molecule has 4 rings (SSSR count). The molecule has 6 nitrogen and oxygen atoms in total. The number of hydrogen-bond donors (Lipinski definition) is 1. The fourth-order valence-corrected chi connectivity index (χ4v) is 5.30. The first-order valence-corrected chi connectivity index (χ1v) is 11.1. The lowest BCUT2D eigenvalue weighted by Crippen LogP contribution is -2.45. The van der Waals surface area contributed by atoms with E-state index in [0.29, 0.717) is 11.3 Å². The predicted molar refractivity (Wildman–Crippen MR) is 114 cm³/mol. The molecule has 1 spiro atoms. The SMILES string of the molecule is COc1ccccc1C(=O)N1CCC2(CC1)CO[C@H]([C@@]1(C)CC[C@@H](C(C)(C)O)O1)C2. The minimum atomic E-state index is -0.835. The molecule has 1 aromatic carbocycles. The van der Waals surface area contributed by atoms with Crippen molar-refractivity contribution in [1.29, 1.82) is 0 Å². The molecule has 1 aromatic rings. The van der Waals surface area contributed by atoms with Gasteiger partial charge in [0, 0.05) is 13.1 Å². The van der Waals surface area contributed by atoms with Gasteiger partial charge in [-0.05, 0) is 70.4 Å². The van der Waals surface area contributed by atoms with Crippen molar-refractivity contribution in [2.45, 2.75) is 76.3 Å². The van der Waals surface area contributed by atoms with E-state index in [1.165, 1.54) is 0 Å². The fraction of sp³-hybridized carbons (Fsp3) is 0.708. The zero-order valence-corrected chi connectivity index (χ0v) is 18.6. The van der Waals surface area contributed by atoms with E-state index in [-0.39, 0.29) is 29.1 Å². The molecule has 3 aliphatic heterocycles. The van der Waals surface area contributed by atoms with E-state index >= 15 is 0 Å². The molecule has 1 N–H and O–H groups in total. The van der Waals surface area contributed by atoms with E-state index < -0.39 is 5.60 Å². The Labute approximate surface area is 179 Å². The van der Waals surface area contributed by atoms with Crippen LogP contribution in [0.25, 0.3) is 0 Å². The van der Waals surface area contributed by atoms with Crippen LogP contribution in [0.5, 0.6) is 5.75 Å². The highest BCUT2D eigenvalue weighted by Crippen LogP contribution is 2.49. The third-order valence-corrected chi connectivity index (χ3v) is 7.44. The van der Waals surface area contributed by atoms with Crippen molar-refractivity contribution in [3.63, 3.8) is 0 Å². The molecule has 1 amide bonds. The number of amides is 1. The Balaban J connectivity index is 1.37. The molecule has 0 saturated carbocycles. The molecule has 6 heteroatoms. The molecule has 3 saturated heterocycles. The van der Waals surface area contributed by atoms with Crippen molar-refractivity contribution in [2.24, 2.45) is 5.41 Å². The number of carbonyl (C=O) groups is 1. The number of ether oxygens (including phenoxy) is 3. The molecule has 0 bridgehead atoms. The Morgan fingerprint density at radius 1 is 1.23 bits per heavy atom. The molecular formula is C24H35NO5. The van der Waals surface area contributed by atoms with Gasteiger partial charge in [0.15, 0.2) is 0 Å². The van der Waals surface area contributed by atoms with Gasteiger partial charge in [0.2, 0.25) is 0 Å². The first-order valence-electron chi connectivity index (χ1n) is 11.1. The van der Waals surface area contributed by atoms with Crippen molar-refractivity contribution in [1.82, 2.24) is 4.90 Å². The highest BCUT2D eigenvalue weighted by molar-refractivity contribution is 5.97. The van der Waals surface area contributed by atoms with Gasteiger partial charge in [0.05, 0.1) is 42.7 Å². The highest BCUT2D eigenvalue weighted by Gasteiger charge is 2.53. The molecular weight excluding hydrogens is 382 g/mol. The van der Waals surface area contributed by atoms with Gasteiger partial charge in [-0.1, -0.05) is 12.1 Å². The van der Waals surface area contributed by atoms with Crippen LogP contribution < -0.4 is 4.74 Å². The lowest BCUT2D eigenvalue weighted by molar-refractivity contribution is -0.155. The van der Waals surface area contributed by atoms with Crippen LogP contribution in [0.15, 0.2) is 24.3 Å². The third-order valence-electron chi connectivity index (χ3n) is 7.44. The standard InChI is InChI=1S/C24H35NO5/c1-22(2,27)19-9-10-23(3,30-19)20-15-24(16-29-20)11-13-25(14-12-24)21(26)17-7-5-6-8-18(17)28-4/h5-8,19-20,27H,9-16H2,1-4H3/t19-,20-,23+/m0/s1. The summed E-state index contributed by atoms with van der Waals surface area (Å²) >= 11 is 0. The molecule has 166 valence electrons. The quantitative estimate of drug-likeness (QED) is 0.813. The Morgan fingerprint density at radius 2 is 1.93 bits per heavy atom. The Hall–Kier alpha value is -1.63. The average molecular weight is 418 g/mol. The van der Waals surface area contributed by atoms with Crippen molar-refractivity contribution < 1.29 is 24.1 Å². The second-order valence-corrected chi connectivity index (χ2v) is 10.1. The maximum Gasteiger partial charge on any atom is 0.257 e. The Bertz CT molecular complexity index is 780. The number of piperidine rings is 1. The van der Waals surface area contributed by atoms with Crippen LogP contribution in [-0.2, 0) is 9.47 Å². The number of methoxy groups -OCH3 is 1. The zero-order chi connectivity index (χ0) is 21.6. The van der Waals surface area contributed by atoms with Gasteiger partial charge in [-0.2, -0.15) is 0 Å². The van der Waals surface area contributed by atoms with E-state index in [9.17, 15) is 9.90 Å². The molecule has 30 heavy (non-hydrogen) atoms. The van der Waals surface area contributed by atoms with Crippen molar-refractivity contribution in [3.8, 4) is 5.75 Å². The Morgan fingerprint density at radius 3 is 2.57 bits per heavy atom. The minimum Gasteiger partial charge on any atom is -0.496 e. The topological polar surface area (TPSA) is 68.2 Å². The predicted octanol–water partition coefficient (Wildman–Crippen LogP) is 3.42. The molecule has 0 aliphatic carbocycles. The van der Waals surface area contributed by atoms with Gasteiger partial charge in [-0.25, -0.2) is 0 Å². The number of para-hydroxylation sites is 1. The molecule has 0 radical (unpaired) electrons. The average Bonchev–Trinajstić information content (AvgIpc) is 3.33. The Kier molecular flexibility index (Phi) is 5.62. The van der Waals surface area contributed by atoms with Crippen molar-refractivity contribution >= 4 is 5.91 Å². The summed E-state index contributed by atoms with van der Waals surface area (Å²) in [5, 5.41) is 10.3.